The number of rotatable bonds is 5. The van der Waals surface area contributed by atoms with E-state index in [4.69, 9.17) is 9.97 Å². The summed E-state index contributed by atoms with van der Waals surface area (Å²) in [7, 11) is 0. The van der Waals surface area contributed by atoms with Gasteiger partial charge in [0.05, 0.1) is 33.6 Å². The highest BCUT2D eigenvalue weighted by Crippen LogP contribution is 2.33. The van der Waals surface area contributed by atoms with Crippen LogP contribution in [0.15, 0.2) is 146 Å². The highest BCUT2D eigenvalue weighted by molar-refractivity contribution is 6.06. The molecule has 0 amide bonds. The molecule has 0 bridgehead atoms. The quantitative estimate of drug-likeness (QED) is 0.207. The zero-order valence-corrected chi connectivity index (χ0v) is 23.5. The maximum Gasteiger partial charge on any atom is 0.138 e. The van der Waals surface area contributed by atoms with Crippen molar-refractivity contribution >= 4 is 21.9 Å². The molecule has 0 aliphatic carbocycles. The predicted molar refractivity (Wildman–Crippen MR) is 174 cm³/mol. The van der Waals surface area contributed by atoms with Crippen LogP contribution in [0.1, 0.15) is 0 Å². The first kappa shape index (κ1) is 25.7. The van der Waals surface area contributed by atoms with E-state index in [1.54, 1.807) is 18.5 Å². The largest absolute Gasteiger partial charge is 0.292 e. The third kappa shape index (κ3) is 4.59. The lowest BCUT2D eigenvalue weighted by Gasteiger charge is -2.12. The normalized spacial score (nSPS) is 11.3. The summed E-state index contributed by atoms with van der Waals surface area (Å²) in [6, 6.07) is 41.5. The van der Waals surface area contributed by atoms with Crippen molar-refractivity contribution in [2.75, 3.05) is 0 Å². The second kappa shape index (κ2) is 10.7. The molecule has 6 heteroatoms. The van der Waals surface area contributed by atoms with Crippen molar-refractivity contribution in [3.8, 4) is 50.7 Å². The molecule has 8 rings (SSSR count). The van der Waals surface area contributed by atoms with E-state index in [9.17, 15) is 4.39 Å². The molecule has 0 spiro atoms. The van der Waals surface area contributed by atoms with Crippen molar-refractivity contribution in [2.24, 2.45) is 0 Å². The lowest BCUT2D eigenvalue weighted by atomic mass is 9.98. The van der Waals surface area contributed by atoms with Crippen molar-refractivity contribution in [3.63, 3.8) is 0 Å². The third-order valence-electron chi connectivity index (χ3n) is 7.82. The molecule has 5 nitrogen and oxygen atoms in total. The smallest absolute Gasteiger partial charge is 0.138 e. The summed E-state index contributed by atoms with van der Waals surface area (Å²) in [6.07, 6.45) is 5.30. The molecule has 5 heterocycles. The summed E-state index contributed by atoms with van der Waals surface area (Å²) >= 11 is 0. The minimum absolute atomic E-state index is 0.301. The Morgan fingerprint density at radius 3 is 2.07 bits per heavy atom. The van der Waals surface area contributed by atoms with Gasteiger partial charge in [0.2, 0.25) is 0 Å². The van der Waals surface area contributed by atoms with E-state index in [2.05, 4.69) is 58.5 Å². The van der Waals surface area contributed by atoms with E-state index < -0.39 is 0 Å². The topological polar surface area (TPSA) is 56.5 Å². The zero-order chi connectivity index (χ0) is 29.5. The molecule has 0 aliphatic rings. The van der Waals surface area contributed by atoms with Crippen molar-refractivity contribution < 1.29 is 4.39 Å². The maximum atomic E-state index is 14.3. The average molecular weight is 570 g/mol. The predicted octanol–water partition coefficient (Wildman–Crippen LogP) is 9.17. The van der Waals surface area contributed by atoms with Crippen molar-refractivity contribution in [3.05, 3.63) is 152 Å². The molecule has 0 saturated heterocycles. The summed E-state index contributed by atoms with van der Waals surface area (Å²) in [6.45, 7) is 0. The van der Waals surface area contributed by atoms with E-state index in [-0.39, 0.29) is 5.82 Å². The molecule has 5 aromatic heterocycles. The van der Waals surface area contributed by atoms with Gasteiger partial charge in [0, 0.05) is 29.5 Å². The second-order valence-corrected chi connectivity index (χ2v) is 10.6. The number of nitrogens with zero attached hydrogens (tertiary/aromatic N) is 5. The SMILES string of the molecule is Fc1ccc2c(c1)c1ncccc1n2-c1cccc(-c2cc(-c3ccc(-c4ccccc4)cc3)cc(-c3cccnc3)n2)n1. The van der Waals surface area contributed by atoms with E-state index in [0.29, 0.717) is 5.82 Å². The van der Waals surface area contributed by atoms with Gasteiger partial charge in [-0.25, -0.2) is 14.4 Å². The van der Waals surface area contributed by atoms with Crippen LogP contribution in [0.5, 0.6) is 0 Å². The highest BCUT2D eigenvalue weighted by atomic mass is 19.1. The van der Waals surface area contributed by atoms with E-state index in [1.807, 2.05) is 71.4 Å². The van der Waals surface area contributed by atoms with Crippen LogP contribution in [0.4, 0.5) is 4.39 Å². The monoisotopic (exact) mass is 569 g/mol. The van der Waals surface area contributed by atoms with Crippen LogP contribution in [-0.4, -0.2) is 24.5 Å². The van der Waals surface area contributed by atoms with Gasteiger partial charge in [-0.1, -0.05) is 60.7 Å². The van der Waals surface area contributed by atoms with Gasteiger partial charge in [0.15, 0.2) is 0 Å². The van der Waals surface area contributed by atoms with Crippen molar-refractivity contribution in [1.29, 1.82) is 0 Å². The molecule has 0 aliphatic heterocycles. The summed E-state index contributed by atoms with van der Waals surface area (Å²) in [4.78, 5) is 19.0. The number of hydrogen-bond donors (Lipinski definition) is 0. The summed E-state index contributed by atoms with van der Waals surface area (Å²) in [5.41, 5.74) is 10.0. The Bertz CT molecular complexity index is 2280. The molecule has 0 unspecified atom stereocenters. The van der Waals surface area contributed by atoms with Gasteiger partial charge in [-0.2, -0.15) is 0 Å². The highest BCUT2D eigenvalue weighted by Gasteiger charge is 2.16. The standard InChI is InChI=1S/C38H24FN5/c39-30-17-18-35-31(23-30)38-36(11-6-20-41-38)44(35)37-12-4-10-32(43-37)34-22-29(21-33(42-34)28-9-5-19-40-24-28)27-15-13-26(14-16-27)25-7-2-1-3-8-25/h1-24H. The van der Waals surface area contributed by atoms with Gasteiger partial charge in [-0.05, 0) is 89.0 Å². The molecule has 0 N–H and O–H groups in total. The maximum absolute atomic E-state index is 14.3. The van der Waals surface area contributed by atoms with Gasteiger partial charge >= 0.3 is 0 Å². The van der Waals surface area contributed by atoms with Gasteiger partial charge in [0.25, 0.3) is 0 Å². The number of pyridine rings is 4. The van der Waals surface area contributed by atoms with Crippen LogP contribution in [0.2, 0.25) is 0 Å². The van der Waals surface area contributed by atoms with Crippen LogP contribution < -0.4 is 0 Å². The molecule has 3 aromatic carbocycles. The second-order valence-electron chi connectivity index (χ2n) is 10.6. The molecular weight excluding hydrogens is 545 g/mol. The molecule has 0 atom stereocenters. The van der Waals surface area contributed by atoms with Crippen LogP contribution in [0.25, 0.3) is 72.7 Å². The Balaban J connectivity index is 1.28. The first-order valence-corrected chi connectivity index (χ1v) is 14.3. The number of hydrogen-bond acceptors (Lipinski definition) is 4. The van der Waals surface area contributed by atoms with Crippen molar-refractivity contribution in [2.45, 2.75) is 0 Å². The zero-order valence-electron chi connectivity index (χ0n) is 23.5. The Labute approximate surface area is 253 Å². The Morgan fingerprint density at radius 2 is 1.25 bits per heavy atom. The van der Waals surface area contributed by atoms with E-state index in [1.165, 1.54) is 17.7 Å². The number of fused-ring (bicyclic) bond motifs is 3. The average Bonchev–Trinajstić information content (AvgIpc) is 3.42. The van der Waals surface area contributed by atoms with Crippen molar-refractivity contribution in [1.82, 2.24) is 24.5 Å². The Kier molecular flexibility index (Phi) is 6.23. The first-order chi connectivity index (χ1) is 21.7. The van der Waals surface area contributed by atoms with Crippen LogP contribution in [-0.2, 0) is 0 Å². The number of benzene rings is 3. The van der Waals surface area contributed by atoms with Gasteiger partial charge in [0.1, 0.15) is 11.6 Å². The minimum atomic E-state index is -0.301. The van der Waals surface area contributed by atoms with E-state index in [0.717, 1.165) is 61.3 Å². The first-order valence-electron chi connectivity index (χ1n) is 14.3. The fourth-order valence-electron chi connectivity index (χ4n) is 5.72. The minimum Gasteiger partial charge on any atom is -0.292 e. The Morgan fingerprint density at radius 1 is 0.500 bits per heavy atom. The fourth-order valence-corrected chi connectivity index (χ4v) is 5.72. The summed E-state index contributed by atoms with van der Waals surface area (Å²) in [5.74, 6) is 0.397. The molecule has 0 saturated carbocycles. The fraction of sp³-hybridized carbons (Fsp3) is 0. The number of halogens is 1. The van der Waals surface area contributed by atoms with Crippen LogP contribution >= 0.6 is 0 Å². The lowest BCUT2D eigenvalue weighted by molar-refractivity contribution is 0.629. The molecule has 0 radical (unpaired) electrons. The summed E-state index contributed by atoms with van der Waals surface area (Å²) in [5, 5.41) is 0.741. The lowest BCUT2D eigenvalue weighted by Crippen LogP contribution is -2.00. The van der Waals surface area contributed by atoms with Gasteiger partial charge < -0.3 is 0 Å². The molecular formula is C38H24FN5. The summed E-state index contributed by atoms with van der Waals surface area (Å²) < 4.78 is 16.3. The number of aromatic nitrogens is 5. The molecule has 44 heavy (non-hydrogen) atoms. The van der Waals surface area contributed by atoms with E-state index >= 15 is 0 Å². The van der Waals surface area contributed by atoms with Gasteiger partial charge in [-0.3, -0.25) is 14.5 Å². The van der Waals surface area contributed by atoms with Crippen LogP contribution in [0.3, 0.4) is 0 Å². The Hall–Kier alpha value is -6.01. The molecule has 208 valence electrons. The van der Waals surface area contributed by atoms with Crippen LogP contribution in [0, 0.1) is 5.82 Å². The third-order valence-corrected chi connectivity index (χ3v) is 7.82. The van der Waals surface area contributed by atoms with Gasteiger partial charge in [-0.15, -0.1) is 0 Å². The molecule has 8 aromatic rings. The molecule has 0 fully saturated rings.